The van der Waals surface area contributed by atoms with Crippen LogP contribution in [0.25, 0.3) is 15.7 Å². The first-order valence-corrected chi connectivity index (χ1v) is 8.86. The lowest BCUT2D eigenvalue weighted by Gasteiger charge is -2.06. The van der Waals surface area contributed by atoms with Crippen LogP contribution in [0.15, 0.2) is 66.8 Å². The molecular weight excluding hydrogens is 387 g/mol. The van der Waals surface area contributed by atoms with Crippen molar-refractivity contribution in [3.63, 3.8) is 0 Å². The molecule has 0 bridgehead atoms. The van der Waals surface area contributed by atoms with E-state index in [4.69, 9.17) is 0 Å². The summed E-state index contributed by atoms with van der Waals surface area (Å²) in [6.07, 6.45) is 7.72. The Balaban J connectivity index is 1.99. The molecule has 0 aliphatic heterocycles. The Kier molecular flexibility index (Phi) is 3.43. The molecule has 102 valence electrons. The van der Waals surface area contributed by atoms with Crippen molar-refractivity contribution < 1.29 is 0 Å². The second-order valence-corrected chi connectivity index (χ2v) is 7.43. The van der Waals surface area contributed by atoms with Crippen molar-refractivity contribution in [2.45, 2.75) is 6.42 Å². The maximum atomic E-state index is 2.39. The Bertz CT molecular complexity index is 869. The van der Waals surface area contributed by atoms with Crippen LogP contribution in [0.3, 0.4) is 0 Å². The minimum atomic E-state index is 1.02. The van der Waals surface area contributed by atoms with Crippen molar-refractivity contribution in [3.8, 4) is 0 Å². The van der Waals surface area contributed by atoms with Gasteiger partial charge in [0.2, 0.25) is 0 Å². The third-order valence-corrected chi connectivity index (χ3v) is 5.70. The molecule has 1 aliphatic carbocycles. The summed E-state index contributed by atoms with van der Waals surface area (Å²) in [5.74, 6) is 0. The van der Waals surface area contributed by atoms with Crippen LogP contribution >= 0.6 is 33.9 Å². The molecule has 0 atom stereocenters. The van der Waals surface area contributed by atoms with E-state index >= 15 is 0 Å². The van der Waals surface area contributed by atoms with Crippen molar-refractivity contribution in [2.24, 2.45) is 0 Å². The van der Waals surface area contributed by atoms with Gasteiger partial charge in [0.1, 0.15) is 0 Å². The molecule has 21 heavy (non-hydrogen) atoms. The molecule has 1 heterocycles. The van der Waals surface area contributed by atoms with Gasteiger partial charge in [-0.3, -0.25) is 0 Å². The van der Waals surface area contributed by atoms with E-state index in [2.05, 4.69) is 89.3 Å². The van der Waals surface area contributed by atoms with Crippen LogP contribution in [0, 0.1) is 3.57 Å². The van der Waals surface area contributed by atoms with Crippen LogP contribution in [0.1, 0.15) is 16.0 Å². The number of halogens is 1. The molecule has 2 aromatic carbocycles. The molecular formula is C19H13IS. The minimum absolute atomic E-state index is 1.02. The number of hydrogen-bond acceptors (Lipinski definition) is 1. The van der Waals surface area contributed by atoms with Gasteiger partial charge in [0.15, 0.2) is 0 Å². The van der Waals surface area contributed by atoms with Crippen LogP contribution in [0.5, 0.6) is 0 Å². The Hall–Kier alpha value is -1.39. The summed E-state index contributed by atoms with van der Waals surface area (Å²) in [5.41, 5.74) is 4.11. The van der Waals surface area contributed by atoms with Gasteiger partial charge in [-0.05, 0) is 63.2 Å². The fraction of sp³-hybridized carbons (Fsp3) is 0.0526. The number of benzene rings is 2. The summed E-state index contributed by atoms with van der Waals surface area (Å²) in [6.45, 7) is 0. The van der Waals surface area contributed by atoms with Gasteiger partial charge in [0.05, 0.1) is 0 Å². The van der Waals surface area contributed by atoms with Crippen molar-refractivity contribution in [1.82, 2.24) is 0 Å². The lowest BCUT2D eigenvalue weighted by Crippen LogP contribution is -1.88. The van der Waals surface area contributed by atoms with Gasteiger partial charge < -0.3 is 0 Å². The quantitative estimate of drug-likeness (QED) is 0.437. The van der Waals surface area contributed by atoms with Crippen molar-refractivity contribution in [2.75, 3.05) is 0 Å². The minimum Gasteiger partial charge on any atom is -0.135 e. The van der Waals surface area contributed by atoms with E-state index < -0.39 is 0 Å². The first-order chi connectivity index (χ1) is 10.3. The molecule has 0 amide bonds. The summed E-state index contributed by atoms with van der Waals surface area (Å²) in [6, 6.07) is 17.5. The van der Waals surface area contributed by atoms with E-state index in [1.807, 2.05) is 11.3 Å². The molecule has 1 aromatic heterocycles. The summed E-state index contributed by atoms with van der Waals surface area (Å²) in [7, 11) is 0. The van der Waals surface area contributed by atoms with E-state index in [-0.39, 0.29) is 0 Å². The third-order valence-electron chi connectivity index (χ3n) is 3.81. The highest BCUT2D eigenvalue weighted by Crippen LogP contribution is 2.40. The maximum Gasteiger partial charge on any atom is 0.0396 e. The zero-order chi connectivity index (χ0) is 14.2. The number of thiophene rings is 1. The Labute approximate surface area is 142 Å². The molecule has 0 radical (unpaired) electrons. The summed E-state index contributed by atoms with van der Waals surface area (Å²) in [4.78, 5) is 1.42. The molecule has 0 fully saturated rings. The van der Waals surface area contributed by atoms with Crippen LogP contribution in [0.2, 0.25) is 0 Å². The molecule has 0 spiro atoms. The smallest absolute Gasteiger partial charge is 0.0396 e. The fourth-order valence-corrected chi connectivity index (χ4v) is 4.84. The molecule has 1 aliphatic rings. The molecule has 3 aromatic rings. The van der Waals surface area contributed by atoms with Crippen LogP contribution in [0.4, 0.5) is 0 Å². The van der Waals surface area contributed by atoms with E-state index in [1.54, 1.807) is 0 Å². The summed E-state index contributed by atoms with van der Waals surface area (Å²) in [5, 5.41) is 1.41. The summed E-state index contributed by atoms with van der Waals surface area (Å²) >= 11 is 4.31. The van der Waals surface area contributed by atoms with Gasteiger partial charge >= 0.3 is 0 Å². The van der Waals surface area contributed by atoms with Crippen LogP contribution < -0.4 is 0 Å². The van der Waals surface area contributed by atoms with Crippen molar-refractivity contribution in [3.05, 3.63) is 86.3 Å². The van der Waals surface area contributed by atoms with Crippen LogP contribution in [-0.4, -0.2) is 0 Å². The lowest BCUT2D eigenvalue weighted by molar-refractivity contribution is 1.32. The molecule has 0 saturated carbocycles. The number of hydrogen-bond donors (Lipinski definition) is 0. The molecule has 4 rings (SSSR count). The molecule has 2 heteroatoms. The van der Waals surface area contributed by atoms with E-state index in [0.29, 0.717) is 0 Å². The van der Waals surface area contributed by atoms with Gasteiger partial charge in [0, 0.05) is 13.1 Å². The lowest BCUT2D eigenvalue weighted by atomic mass is 10.00. The largest absolute Gasteiger partial charge is 0.135 e. The Morgan fingerprint density at radius 2 is 1.86 bits per heavy atom. The van der Waals surface area contributed by atoms with Gasteiger partial charge in [-0.25, -0.2) is 0 Å². The number of allylic oxidation sites excluding steroid dienone is 3. The normalized spacial score (nSPS) is 13.9. The highest BCUT2D eigenvalue weighted by molar-refractivity contribution is 14.1. The van der Waals surface area contributed by atoms with Crippen LogP contribution in [-0.2, 0) is 6.42 Å². The fourth-order valence-electron chi connectivity index (χ4n) is 2.81. The topological polar surface area (TPSA) is 0 Å². The average Bonchev–Trinajstić information content (AvgIpc) is 2.72. The SMILES string of the molecule is Ic1ccc2c3c(sc2c1)C(c1ccccc1)=CC=CC3. The first-order valence-electron chi connectivity index (χ1n) is 6.96. The molecule has 0 nitrogen and oxygen atoms in total. The van der Waals surface area contributed by atoms with E-state index in [1.165, 1.54) is 35.2 Å². The van der Waals surface area contributed by atoms with E-state index in [0.717, 1.165) is 6.42 Å². The molecule has 0 N–H and O–H groups in total. The standard InChI is InChI=1S/C19H13IS/c20-14-10-11-16-17-9-5-4-8-15(13-6-2-1-3-7-13)19(17)21-18(16)12-14/h1-8,10-12H,9H2. The highest BCUT2D eigenvalue weighted by atomic mass is 127. The van der Waals surface area contributed by atoms with Gasteiger partial charge in [-0.1, -0.05) is 54.6 Å². The summed E-state index contributed by atoms with van der Waals surface area (Å²) < 4.78 is 2.70. The highest BCUT2D eigenvalue weighted by Gasteiger charge is 2.17. The Morgan fingerprint density at radius 1 is 1.00 bits per heavy atom. The first kappa shape index (κ1) is 13.3. The number of rotatable bonds is 1. The number of fused-ring (bicyclic) bond motifs is 3. The molecule has 0 unspecified atom stereocenters. The maximum absolute atomic E-state index is 2.39. The van der Waals surface area contributed by atoms with Crippen molar-refractivity contribution in [1.29, 1.82) is 0 Å². The van der Waals surface area contributed by atoms with Gasteiger partial charge in [-0.15, -0.1) is 11.3 Å². The monoisotopic (exact) mass is 400 g/mol. The van der Waals surface area contributed by atoms with Gasteiger partial charge in [-0.2, -0.15) is 0 Å². The zero-order valence-corrected chi connectivity index (χ0v) is 14.3. The van der Waals surface area contributed by atoms with E-state index in [9.17, 15) is 0 Å². The average molecular weight is 400 g/mol. The molecule has 0 saturated heterocycles. The Morgan fingerprint density at radius 3 is 2.71 bits per heavy atom. The second kappa shape index (κ2) is 5.43. The zero-order valence-electron chi connectivity index (χ0n) is 11.3. The second-order valence-electron chi connectivity index (χ2n) is 5.13. The predicted molar refractivity (Wildman–Crippen MR) is 101 cm³/mol. The third kappa shape index (κ3) is 2.36. The van der Waals surface area contributed by atoms with Crippen molar-refractivity contribution >= 4 is 49.6 Å². The predicted octanol–water partition coefficient (Wildman–Crippen LogP) is 6.05. The van der Waals surface area contributed by atoms with Gasteiger partial charge in [0.25, 0.3) is 0 Å².